The van der Waals surface area contributed by atoms with Crippen molar-refractivity contribution in [1.29, 1.82) is 10.5 Å². The summed E-state index contributed by atoms with van der Waals surface area (Å²) in [6, 6.07) is 16.2. The Balaban J connectivity index is 1.09. The van der Waals surface area contributed by atoms with Gasteiger partial charge in [0.05, 0.1) is 41.7 Å². The van der Waals surface area contributed by atoms with Crippen LogP contribution < -0.4 is 9.47 Å². The summed E-state index contributed by atoms with van der Waals surface area (Å²) in [4.78, 5) is 22.8. The standard InChI is InChI=1S/C34H32F2N6O4/c35-25-3-6-32(40-28(25)20-45-30-5-2-23(18-38)15-26(30)36)46-24-7-13-41(14-8-24)19-31-39-27-4-1-22(17-33(43)44)16-29(27)42(31)21-34(9-10-34)11-12-37/h1-6,15-16,24H,7-11,13-14,17,19-21H2,(H,43,44). The minimum Gasteiger partial charge on any atom is -0.484 e. The SMILES string of the molecule is N#CCC1(Cn2c(CN3CCC(Oc4ccc(F)c(COc5ccc(C#N)cc5F)n4)CC3)nc3ccc(CC(=O)O)cc32)CC1. The number of pyridine rings is 1. The number of carbonyl (C=O) groups is 1. The predicted octanol–water partition coefficient (Wildman–Crippen LogP) is 5.52. The van der Waals surface area contributed by atoms with Gasteiger partial charge in [-0.25, -0.2) is 18.7 Å². The molecule has 0 atom stereocenters. The number of fused-ring (bicyclic) bond motifs is 1. The smallest absolute Gasteiger partial charge is 0.307 e. The van der Waals surface area contributed by atoms with Gasteiger partial charge in [-0.2, -0.15) is 10.5 Å². The third kappa shape index (κ3) is 7.08. The van der Waals surface area contributed by atoms with E-state index in [1.54, 1.807) is 6.07 Å². The van der Waals surface area contributed by atoms with Crippen molar-refractivity contribution in [3.05, 3.63) is 82.8 Å². The van der Waals surface area contributed by atoms with Gasteiger partial charge in [-0.05, 0) is 67.6 Å². The molecular formula is C34H32F2N6O4. The van der Waals surface area contributed by atoms with E-state index in [2.05, 4.69) is 20.5 Å². The van der Waals surface area contributed by atoms with Crippen LogP contribution in [0.3, 0.4) is 0 Å². The minimum atomic E-state index is -0.891. The first-order valence-electron chi connectivity index (χ1n) is 15.2. The van der Waals surface area contributed by atoms with Crippen LogP contribution in [-0.2, 0) is 30.9 Å². The lowest BCUT2D eigenvalue weighted by Gasteiger charge is -2.32. The number of halogens is 2. The molecule has 1 saturated heterocycles. The van der Waals surface area contributed by atoms with Crippen molar-refractivity contribution in [2.24, 2.45) is 5.41 Å². The number of aliphatic carboxylic acids is 1. The van der Waals surface area contributed by atoms with Crippen LogP contribution in [-0.4, -0.2) is 49.7 Å². The van der Waals surface area contributed by atoms with Gasteiger partial charge in [0.1, 0.15) is 30.0 Å². The number of imidazole rings is 1. The molecule has 236 valence electrons. The Kier molecular flexibility index (Phi) is 8.82. The number of piperidine rings is 1. The second-order valence-corrected chi connectivity index (χ2v) is 12.1. The van der Waals surface area contributed by atoms with Gasteiger partial charge in [0.25, 0.3) is 0 Å². The third-order valence-electron chi connectivity index (χ3n) is 8.66. The summed E-state index contributed by atoms with van der Waals surface area (Å²) >= 11 is 0. The number of aromatic nitrogens is 3. The summed E-state index contributed by atoms with van der Waals surface area (Å²) in [6.07, 6.45) is 3.65. The van der Waals surface area contributed by atoms with Crippen LogP contribution >= 0.6 is 0 Å². The van der Waals surface area contributed by atoms with Crippen LogP contribution in [0.5, 0.6) is 11.6 Å². The maximum absolute atomic E-state index is 14.5. The van der Waals surface area contributed by atoms with Crippen LogP contribution in [0.15, 0.2) is 48.5 Å². The Bertz CT molecular complexity index is 1850. The number of likely N-dealkylation sites (tertiary alicyclic amines) is 1. The van der Waals surface area contributed by atoms with Gasteiger partial charge < -0.3 is 19.1 Å². The number of carboxylic acid groups (broad SMARTS) is 1. The summed E-state index contributed by atoms with van der Waals surface area (Å²) in [6.45, 7) is 2.43. The van der Waals surface area contributed by atoms with E-state index in [1.807, 2.05) is 18.2 Å². The van der Waals surface area contributed by atoms with Crippen molar-refractivity contribution in [3.63, 3.8) is 0 Å². The van der Waals surface area contributed by atoms with Gasteiger partial charge in [0.2, 0.25) is 5.88 Å². The van der Waals surface area contributed by atoms with E-state index < -0.39 is 17.6 Å². The maximum atomic E-state index is 14.5. The van der Waals surface area contributed by atoms with Crippen molar-refractivity contribution in [2.45, 2.75) is 64.3 Å². The summed E-state index contributed by atoms with van der Waals surface area (Å²) in [5.74, 6) is -1.17. The molecule has 3 heterocycles. The van der Waals surface area contributed by atoms with E-state index in [1.165, 1.54) is 24.3 Å². The molecule has 2 aliphatic rings. The molecule has 10 nitrogen and oxygen atoms in total. The number of rotatable bonds is 12. The highest BCUT2D eigenvalue weighted by Gasteiger charge is 2.43. The summed E-state index contributed by atoms with van der Waals surface area (Å²) in [5, 5.41) is 27.6. The average Bonchev–Trinajstić information content (AvgIpc) is 3.72. The average molecular weight is 627 g/mol. The van der Waals surface area contributed by atoms with Gasteiger partial charge in [-0.3, -0.25) is 9.69 Å². The fourth-order valence-corrected chi connectivity index (χ4v) is 5.89. The van der Waals surface area contributed by atoms with Crippen LogP contribution in [0.25, 0.3) is 11.0 Å². The molecule has 0 amide bonds. The van der Waals surface area contributed by atoms with E-state index in [0.29, 0.717) is 37.9 Å². The Labute approximate surface area is 264 Å². The highest BCUT2D eigenvalue weighted by molar-refractivity contribution is 5.79. The molecule has 2 aromatic heterocycles. The Morgan fingerprint density at radius 3 is 2.54 bits per heavy atom. The molecule has 1 aliphatic carbocycles. The zero-order valence-corrected chi connectivity index (χ0v) is 25.1. The van der Waals surface area contributed by atoms with Gasteiger partial charge in [-0.1, -0.05) is 6.07 Å². The van der Waals surface area contributed by atoms with Crippen molar-refractivity contribution >= 4 is 17.0 Å². The molecule has 4 aromatic rings. The molecule has 0 unspecified atom stereocenters. The summed E-state index contributed by atoms with van der Waals surface area (Å²) in [5.41, 5.74) is 2.47. The lowest BCUT2D eigenvalue weighted by atomic mass is 10.0. The zero-order valence-electron chi connectivity index (χ0n) is 25.1. The topological polar surface area (TPSA) is 137 Å². The van der Waals surface area contributed by atoms with Gasteiger partial charge >= 0.3 is 5.97 Å². The van der Waals surface area contributed by atoms with Crippen LogP contribution in [0.2, 0.25) is 0 Å². The van der Waals surface area contributed by atoms with Crippen molar-refractivity contribution in [3.8, 4) is 23.8 Å². The first-order chi connectivity index (χ1) is 22.2. The molecule has 1 N–H and O–H groups in total. The number of nitrogens with zero attached hydrogens (tertiary/aromatic N) is 6. The molecule has 1 saturated carbocycles. The van der Waals surface area contributed by atoms with Gasteiger partial charge in [-0.15, -0.1) is 0 Å². The lowest BCUT2D eigenvalue weighted by molar-refractivity contribution is -0.136. The van der Waals surface area contributed by atoms with E-state index in [0.717, 1.165) is 48.9 Å². The molecular weight excluding hydrogens is 594 g/mol. The Hall–Kier alpha value is -5.07. The molecule has 12 heteroatoms. The van der Waals surface area contributed by atoms with E-state index in [4.69, 9.17) is 19.7 Å². The second-order valence-electron chi connectivity index (χ2n) is 12.1. The molecule has 2 fully saturated rings. The van der Waals surface area contributed by atoms with Crippen molar-refractivity contribution in [2.75, 3.05) is 13.1 Å². The van der Waals surface area contributed by atoms with Crippen molar-refractivity contribution in [1.82, 2.24) is 19.4 Å². The number of ether oxygens (including phenoxy) is 2. The number of nitriles is 2. The molecule has 0 spiro atoms. The van der Waals surface area contributed by atoms with Crippen LogP contribution in [0.1, 0.15) is 54.7 Å². The quantitative estimate of drug-likeness (QED) is 0.215. The summed E-state index contributed by atoms with van der Waals surface area (Å²) < 4.78 is 42.4. The predicted molar refractivity (Wildman–Crippen MR) is 162 cm³/mol. The zero-order chi connectivity index (χ0) is 32.3. The van der Waals surface area contributed by atoms with Gasteiger partial charge in [0.15, 0.2) is 11.6 Å². The number of benzene rings is 2. The summed E-state index contributed by atoms with van der Waals surface area (Å²) in [7, 11) is 0. The molecule has 0 radical (unpaired) electrons. The normalized spacial score (nSPS) is 16.1. The highest BCUT2D eigenvalue weighted by Crippen LogP contribution is 2.50. The van der Waals surface area contributed by atoms with E-state index >= 15 is 0 Å². The number of hydrogen-bond acceptors (Lipinski definition) is 8. The fraction of sp³-hybridized carbons (Fsp3) is 0.382. The van der Waals surface area contributed by atoms with E-state index in [9.17, 15) is 23.9 Å². The monoisotopic (exact) mass is 626 g/mol. The maximum Gasteiger partial charge on any atom is 0.307 e. The third-order valence-corrected chi connectivity index (χ3v) is 8.66. The largest absolute Gasteiger partial charge is 0.484 e. The van der Waals surface area contributed by atoms with Gasteiger partial charge in [0, 0.05) is 37.5 Å². The minimum absolute atomic E-state index is 0.0195. The Morgan fingerprint density at radius 2 is 1.85 bits per heavy atom. The highest BCUT2D eigenvalue weighted by atomic mass is 19.1. The molecule has 1 aliphatic heterocycles. The molecule has 2 aromatic carbocycles. The first kappa shape index (κ1) is 30.9. The van der Waals surface area contributed by atoms with Crippen LogP contribution in [0.4, 0.5) is 8.78 Å². The number of hydrogen-bond donors (Lipinski definition) is 1. The number of carboxylic acids is 1. The van der Waals surface area contributed by atoms with E-state index in [-0.39, 0.29) is 47.4 Å². The fourth-order valence-electron chi connectivity index (χ4n) is 5.89. The Morgan fingerprint density at radius 1 is 1.04 bits per heavy atom. The molecule has 0 bridgehead atoms. The van der Waals surface area contributed by atoms with Crippen LogP contribution in [0, 0.1) is 39.7 Å². The molecule has 46 heavy (non-hydrogen) atoms. The van der Waals surface area contributed by atoms with Crippen molar-refractivity contribution < 1.29 is 28.2 Å². The second kappa shape index (κ2) is 13.1. The lowest BCUT2D eigenvalue weighted by Crippen LogP contribution is -2.38. The molecule has 6 rings (SSSR count). The first-order valence-corrected chi connectivity index (χ1v) is 15.2.